The lowest BCUT2D eigenvalue weighted by atomic mass is 9.88. The molecule has 9 heteroatoms. The Balaban J connectivity index is 1.57. The average Bonchev–Trinajstić information content (AvgIpc) is 3.13. The van der Waals surface area contributed by atoms with Crippen LogP contribution < -0.4 is 26.4 Å². The minimum atomic E-state index is -0.104. The molecule has 5 N–H and O–H groups in total. The van der Waals surface area contributed by atoms with Gasteiger partial charge in [-0.3, -0.25) is 0 Å². The number of thiophene rings is 1. The summed E-state index contributed by atoms with van der Waals surface area (Å²) in [7, 11) is 1.63. The molecule has 0 fully saturated rings. The highest BCUT2D eigenvalue weighted by molar-refractivity contribution is 7.19. The number of hydrogen-bond acceptors (Lipinski definition) is 7. The highest BCUT2D eigenvalue weighted by atomic mass is 32.1. The number of nitrogens with zero attached hydrogens (tertiary/aromatic N) is 2. The molecule has 1 aromatic carbocycles. The van der Waals surface area contributed by atoms with Crippen molar-refractivity contribution >= 4 is 44.8 Å². The molecule has 3 aromatic rings. The van der Waals surface area contributed by atoms with Gasteiger partial charge in [0.05, 0.1) is 18.2 Å². The first kappa shape index (κ1) is 22.1. The van der Waals surface area contributed by atoms with Crippen molar-refractivity contribution in [3.05, 3.63) is 34.5 Å². The molecular formula is C23H30N6O2S. The van der Waals surface area contributed by atoms with E-state index in [0.29, 0.717) is 23.9 Å². The molecule has 2 amide bonds. The van der Waals surface area contributed by atoms with Crippen molar-refractivity contribution in [1.29, 1.82) is 0 Å². The Hall–Kier alpha value is -3.07. The molecule has 1 aliphatic carbocycles. The van der Waals surface area contributed by atoms with Crippen molar-refractivity contribution in [3.8, 4) is 5.75 Å². The van der Waals surface area contributed by atoms with E-state index in [1.54, 1.807) is 24.8 Å². The maximum atomic E-state index is 11.9. The van der Waals surface area contributed by atoms with Crippen LogP contribution in [0.3, 0.4) is 0 Å². The minimum Gasteiger partial charge on any atom is -0.494 e. The molecule has 170 valence electrons. The first-order valence-corrected chi connectivity index (χ1v) is 11.7. The van der Waals surface area contributed by atoms with E-state index in [0.717, 1.165) is 46.5 Å². The van der Waals surface area contributed by atoms with Gasteiger partial charge in [-0.25, -0.2) is 14.8 Å². The molecule has 4 rings (SSSR count). The summed E-state index contributed by atoms with van der Waals surface area (Å²) >= 11 is 1.72. The fraction of sp³-hybridized carbons (Fsp3) is 0.435. The van der Waals surface area contributed by atoms with Gasteiger partial charge >= 0.3 is 6.03 Å². The number of anilines is 3. The number of hydrogen-bond donors (Lipinski definition) is 4. The number of fused-ring (bicyclic) bond motifs is 3. The van der Waals surface area contributed by atoms with Gasteiger partial charge in [0.25, 0.3) is 0 Å². The van der Waals surface area contributed by atoms with E-state index in [9.17, 15) is 4.79 Å². The zero-order valence-electron chi connectivity index (χ0n) is 18.9. The Morgan fingerprint density at radius 1 is 1.34 bits per heavy atom. The third-order valence-electron chi connectivity index (χ3n) is 5.76. The summed E-state index contributed by atoms with van der Waals surface area (Å²) in [6.07, 6.45) is 4.48. The van der Waals surface area contributed by atoms with Crippen LogP contribution in [0.1, 0.15) is 36.3 Å². The topological polar surface area (TPSA) is 114 Å². The van der Waals surface area contributed by atoms with Crippen LogP contribution in [0.2, 0.25) is 0 Å². The van der Waals surface area contributed by atoms with E-state index in [1.807, 2.05) is 32.9 Å². The summed E-state index contributed by atoms with van der Waals surface area (Å²) in [5.41, 5.74) is 9.84. The molecule has 1 atom stereocenters. The standard InChI is InChI=1S/C23H30N6O2S/c1-12(2)28-23(30)25-10-14-5-6-15-19(8-14)32-22-20(15)21(26-11-27-22)29-17-7-13(3)16(24)9-18(17)31-4/h7,9,11-12,14H,5-6,8,10,24H2,1-4H3,(H2,25,28,30)(H,26,27,29). The van der Waals surface area contributed by atoms with Gasteiger partial charge in [-0.2, -0.15) is 0 Å². The van der Waals surface area contributed by atoms with Crippen molar-refractivity contribution < 1.29 is 9.53 Å². The van der Waals surface area contributed by atoms with Gasteiger partial charge in [0.2, 0.25) is 0 Å². The molecule has 2 heterocycles. The number of rotatable bonds is 6. The van der Waals surface area contributed by atoms with Crippen LogP contribution in [-0.2, 0) is 12.8 Å². The molecule has 0 aliphatic heterocycles. The zero-order chi connectivity index (χ0) is 22.8. The number of aromatic nitrogens is 2. The Labute approximate surface area is 192 Å². The molecule has 0 saturated heterocycles. The number of aryl methyl sites for hydroxylation is 2. The van der Waals surface area contributed by atoms with Gasteiger partial charge in [0.1, 0.15) is 22.7 Å². The van der Waals surface area contributed by atoms with E-state index in [1.165, 1.54) is 10.4 Å². The molecule has 32 heavy (non-hydrogen) atoms. The Bertz CT molecular complexity index is 1140. The predicted molar refractivity (Wildman–Crippen MR) is 130 cm³/mol. The number of nitrogens with one attached hydrogen (secondary N) is 3. The zero-order valence-corrected chi connectivity index (χ0v) is 19.7. The van der Waals surface area contributed by atoms with Crippen molar-refractivity contribution in [1.82, 2.24) is 20.6 Å². The number of amides is 2. The fourth-order valence-electron chi connectivity index (χ4n) is 4.10. The molecule has 1 aliphatic rings. The van der Waals surface area contributed by atoms with E-state index < -0.39 is 0 Å². The van der Waals surface area contributed by atoms with Crippen LogP contribution in [0, 0.1) is 12.8 Å². The molecule has 2 aromatic heterocycles. The number of ether oxygens (including phenoxy) is 1. The van der Waals surface area contributed by atoms with Crippen molar-refractivity contribution in [3.63, 3.8) is 0 Å². The van der Waals surface area contributed by atoms with E-state index in [-0.39, 0.29) is 12.1 Å². The Morgan fingerprint density at radius 3 is 2.91 bits per heavy atom. The molecule has 0 saturated carbocycles. The van der Waals surface area contributed by atoms with E-state index in [4.69, 9.17) is 10.5 Å². The fourth-order valence-corrected chi connectivity index (χ4v) is 5.40. The Kier molecular flexibility index (Phi) is 6.36. The lowest BCUT2D eigenvalue weighted by Gasteiger charge is -2.23. The lowest BCUT2D eigenvalue weighted by molar-refractivity contribution is 0.236. The molecule has 8 nitrogen and oxygen atoms in total. The van der Waals surface area contributed by atoms with Crippen molar-refractivity contribution in [2.24, 2.45) is 5.92 Å². The normalized spacial score (nSPS) is 15.5. The summed E-state index contributed by atoms with van der Waals surface area (Å²) in [6, 6.07) is 3.83. The summed E-state index contributed by atoms with van der Waals surface area (Å²) in [5.74, 6) is 1.87. The summed E-state index contributed by atoms with van der Waals surface area (Å²) < 4.78 is 5.52. The molecule has 0 radical (unpaired) electrons. The predicted octanol–water partition coefficient (Wildman–Crippen LogP) is 4.15. The molecule has 0 spiro atoms. The number of methoxy groups -OCH3 is 1. The van der Waals surface area contributed by atoms with Gasteiger partial charge in [-0.1, -0.05) is 0 Å². The van der Waals surface area contributed by atoms with E-state index in [2.05, 4.69) is 25.9 Å². The summed E-state index contributed by atoms with van der Waals surface area (Å²) in [4.78, 5) is 23.3. The number of carbonyl (C=O) groups excluding carboxylic acids is 1. The van der Waals surface area contributed by atoms with Crippen LogP contribution in [-0.4, -0.2) is 35.7 Å². The van der Waals surface area contributed by atoms with Crippen LogP contribution in [0.4, 0.5) is 22.0 Å². The van der Waals surface area contributed by atoms with Gasteiger partial charge in [-0.05, 0) is 63.1 Å². The SMILES string of the molecule is COc1cc(N)c(C)cc1Nc1ncnc2sc3c(c12)CCC(CNC(=O)NC(C)C)C3. The van der Waals surface area contributed by atoms with Crippen LogP contribution in [0.25, 0.3) is 10.2 Å². The van der Waals surface area contributed by atoms with Gasteiger partial charge in [0.15, 0.2) is 0 Å². The molecule has 0 bridgehead atoms. The van der Waals surface area contributed by atoms with Crippen molar-refractivity contribution in [2.45, 2.75) is 46.1 Å². The van der Waals surface area contributed by atoms with Crippen molar-refractivity contribution in [2.75, 3.05) is 24.7 Å². The quantitative estimate of drug-likeness (QED) is 0.416. The summed E-state index contributed by atoms with van der Waals surface area (Å²) in [5, 5.41) is 10.4. The first-order valence-electron chi connectivity index (χ1n) is 10.9. The maximum Gasteiger partial charge on any atom is 0.314 e. The van der Waals surface area contributed by atoms with Gasteiger partial charge in [-0.15, -0.1) is 11.3 Å². The molecular weight excluding hydrogens is 424 g/mol. The number of nitrogen functional groups attached to an aromatic ring is 1. The van der Waals surface area contributed by atoms with Crippen LogP contribution in [0.15, 0.2) is 18.5 Å². The summed E-state index contributed by atoms with van der Waals surface area (Å²) in [6.45, 7) is 6.55. The maximum absolute atomic E-state index is 11.9. The average molecular weight is 455 g/mol. The minimum absolute atomic E-state index is 0.104. The molecule has 1 unspecified atom stereocenters. The number of urea groups is 1. The highest BCUT2D eigenvalue weighted by Crippen LogP contribution is 2.41. The lowest BCUT2D eigenvalue weighted by Crippen LogP contribution is -2.42. The Morgan fingerprint density at radius 2 is 2.16 bits per heavy atom. The largest absolute Gasteiger partial charge is 0.494 e. The number of carbonyl (C=O) groups is 1. The second-order valence-corrected chi connectivity index (χ2v) is 9.64. The number of nitrogens with two attached hydrogens (primary N) is 1. The monoisotopic (exact) mass is 454 g/mol. The second kappa shape index (κ2) is 9.20. The van der Waals surface area contributed by atoms with E-state index >= 15 is 0 Å². The van der Waals surface area contributed by atoms with Gasteiger partial charge < -0.3 is 26.4 Å². The third-order valence-corrected chi connectivity index (χ3v) is 6.92. The first-order chi connectivity index (χ1) is 15.4. The van der Waals surface area contributed by atoms with Gasteiger partial charge in [0, 0.05) is 29.2 Å². The van der Waals surface area contributed by atoms with Crippen LogP contribution in [0.5, 0.6) is 5.75 Å². The third kappa shape index (κ3) is 4.57. The number of benzene rings is 1. The second-order valence-electron chi connectivity index (χ2n) is 8.56. The van der Waals surface area contributed by atoms with Crippen LogP contribution >= 0.6 is 11.3 Å². The smallest absolute Gasteiger partial charge is 0.314 e. The highest BCUT2D eigenvalue weighted by Gasteiger charge is 2.26.